The van der Waals surface area contributed by atoms with Crippen LogP contribution < -0.4 is 14.8 Å². The molecule has 24 heavy (non-hydrogen) atoms. The van der Waals surface area contributed by atoms with Gasteiger partial charge in [-0.2, -0.15) is 0 Å². The minimum absolute atomic E-state index is 0.209. The van der Waals surface area contributed by atoms with Gasteiger partial charge in [-0.05, 0) is 50.1 Å². The summed E-state index contributed by atoms with van der Waals surface area (Å²) in [5.41, 5.74) is 2.29. The number of rotatable bonds is 7. The molecule has 1 atom stereocenters. The van der Waals surface area contributed by atoms with E-state index in [0.29, 0.717) is 23.9 Å². The number of carbonyl (C=O) groups is 1. The van der Waals surface area contributed by atoms with Crippen molar-refractivity contribution < 1.29 is 14.3 Å². The molecule has 0 saturated carbocycles. The van der Waals surface area contributed by atoms with Crippen molar-refractivity contribution in [3.8, 4) is 11.5 Å². The summed E-state index contributed by atoms with van der Waals surface area (Å²) in [4.78, 5) is 12.1. The summed E-state index contributed by atoms with van der Waals surface area (Å²) in [6.45, 7) is 6.54. The van der Waals surface area contributed by atoms with E-state index in [2.05, 4.69) is 5.32 Å². The van der Waals surface area contributed by atoms with Gasteiger partial charge in [0.1, 0.15) is 18.1 Å². The summed E-state index contributed by atoms with van der Waals surface area (Å²) in [6, 6.07) is 13.0. The Morgan fingerprint density at radius 2 is 1.83 bits per heavy atom. The van der Waals surface area contributed by atoms with Crippen LogP contribution >= 0.6 is 11.6 Å². The standard InChI is InChI=1S/C19H22ClNO3/c1-13-7-6-10-17(14(13)2)23-12-11-21-19(22)15(3)24-18-9-5-4-8-16(18)20/h4-10,15H,11-12H2,1-3H3,(H,21,22)/t15-/m1/s1. The van der Waals surface area contributed by atoms with Gasteiger partial charge < -0.3 is 14.8 Å². The van der Waals surface area contributed by atoms with E-state index < -0.39 is 6.10 Å². The lowest BCUT2D eigenvalue weighted by molar-refractivity contribution is -0.127. The lowest BCUT2D eigenvalue weighted by Crippen LogP contribution is -2.38. The maximum atomic E-state index is 12.1. The third-order valence-corrected chi connectivity index (χ3v) is 4.04. The van der Waals surface area contributed by atoms with Gasteiger partial charge in [0, 0.05) is 0 Å². The van der Waals surface area contributed by atoms with E-state index in [0.717, 1.165) is 11.3 Å². The van der Waals surface area contributed by atoms with Gasteiger partial charge in [0.05, 0.1) is 11.6 Å². The van der Waals surface area contributed by atoms with Gasteiger partial charge in [-0.1, -0.05) is 35.9 Å². The first-order chi connectivity index (χ1) is 11.5. The van der Waals surface area contributed by atoms with Crippen LogP contribution in [0.15, 0.2) is 42.5 Å². The van der Waals surface area contributed by atoms with Crippen molar-refractivity contribution in [3.05, 3.63) is 58.6 Å². The number of nitrogens with one attached hydrogen (secondary N) is 1. The number of carbonyl (C=O) groups excluding carboxylic acids is 1. The third-order valence-electron chi connectivity index (χ3n) is 3.72. The van der Waals surface area contributed by atoms with Gasteiger partial charge in [0.15, 0.2) is 6.10 Å². The Morgan fingerprint density at radius 3 is 2.58 bits per heavy atom. The molecule has 128 valence electrons. The van der Waals surface area contributed by atoms with E-state index in [1.54, 1.807) is 19.1 Å². The highest BCUT2D eigenvalue weighted by Gasteiger charge is 2.15. The van der Waals surface area contributed by atoms with Crippen LogP contribution in [-0.4, -0.2) is 25.2 Å². The van der Waals surface area contributed by atoms with Crippen LogP contribution in [0, 0.1) is 13.8 Å². The quantitative estimate of drug-likeness (QED) is 0.772. The van der Waals surface area contributed by atoms with Gasteiger partial charge in [-0.3, -0.25) is 4.79 Å². The highest BCUT2D eigenvalue weighted by molar-refractivity contribution is 6.32. The zero-order chi connectivity index (χ0) is 17.5. The Hall–Kier alpha value is -2.20. The Labute approximate surface area is 147 Å². The number of halogens is 1. The number of ether oxygens (including phenoxy) is 2. The molecular formula is C19H22ClNO3. The Morgan fingerprint density at radius 1 is 1.12 bits per heavy atom. The fourth-order valence-corrected chi connectivity index (χ4v) is 2.32. The van der Waals surface area contributed by atoms with E-state index in [1.165, 1.54) is 5.56 Å². The Bertz CT molecular complexity index is 703. The molecular weight excluding hydrogens is 326 g/mol. The first-order valence-corrected chi connectivity index (χ1v) is 8.24. The van der Waals surface area contributed by atoms with E-state index in [9.17, 15) is 4.79 Å². The molecule has 2 aromatic rings. The van der Waals surface area contributed by atoms with Crippen molar-refractivity contribution in [2.75, 3.05) is 13.2 Å². The molecule has 0 aliphatic carbocycles. The summed E-state index contributed by atoms with van der Waals surface area (Å²) >= 11 is 6.02. The maximum absolute atomic E-state index is 12.1. The molecule has 2 aromatic carbocycles. The van der Waals surface area contributed by atoms with E-state index in [-0.39, 0.29) is 5.91 Å². The van der Waals surface area contributed by atoms with Crippen LogP contribution in [0.2, 0.25) is 5.02 Å². The van der Waals surface area contributed by atoms with E-state index >= 15 is 0 Å². The van der Waals surface area contributed by atoms with E-state index in [1.807, 2.05) is 44.2 Å². The molecule has 0 spiro atoms. The molecule has 0 aromatic heterocycles. The van der Waals surface area contributed by atoms with E-state index in [4.69, 9.17) is 21.1 Å². The van der Waals surface area contributed by atoms with Crippen LogP contribution in [0.5, 0.6) is 11.5 Å². The number of aryl methyl sites for hydroxylation is 1. The lowest BCUT2D eigenvalue weighted by atomic mass is 10.1. The van der Waals surface area contributed by atoms with Gasteiger partial charge >= 0.3 is 0 Å². The summed E-state index contributed by atoms with van der Waals surface area (Å²) in [5, 5.41) is 3.28. The van der Waals surface area contributed by atoms with Gasteiger partial charge in [-0.15, -0.1) is 0 Å². The second-order valence-electron chi connectivity index (χ2n) is 5.53. The maximum Gasteiger partial charge on any atom is 0.260 e. The van der Waals surface area contributed by atoms with Crippen molar-refractivity contribution in [3.63, 3.8) is 0 Å². The highest BCUT2D eigenvalue weighted by atomic mass is 35.5. The summed E-state index contributed by atoms with van der Waals surface area (Å²) in [6.07, 6.45) is -0.634. The second kappa shape index (κ2) is 8.60. The molecule has 1 amide bonds. The molecule has 0 fully saturated rings. The number of amides is 1. The van der Waals surface area contributed by atoms with Crippen molar-refractivity contribution in [2.45, 2.75) is 26.9 Å². The fraction of sp³-hybridized carbons (Fsp3) is 0.316. The predicted molar refractivity (Wildman–Crippen MR) is 96.0 cm³/mol. The topological polar surface area (TPSA) is 47.6 Å². The molecule has 0 heterocycles. The molecule has 0 radical (unpaired) electrons. The molecule has 0 saturated heterocycles. The minimum atomic E-state index is -0.634. The monoisotopic (exact) mass is 347 g/mol. The van der Waals surface area contributed by atoms with Gasteiger partial charge in [0.25, 0.3) is 5.91 Å². The first kappa shape index (κ1) is 18.1. The van der Waals surface area contributed by atoms with Crippen molar-refractivity contribution in [1.29, 1.82) is 0 Å². The number of hydrogen-bond acceptors (Lipinski definition) is 3. The zero-order valence-electron chi connectivity index (χ0n) is 14.1. The smallest absolute Gasteiger partial charge is 0.260 e. The first-order valence-electron chi connectivity index (χ1n) is 7.87. The zero-order valence-corrected chi connectivity index (χ0v) is 14.9. The summed E-state index contributed by atoms with van der Waals surface area (Å²) in [5.74, 6) is 1.12. The third kappa shape index (κ3) is 4.90. The fourth-order valence-electron chi connectivity index (χ4n) is 2.14. The average molecular weight is 348 g/mol. The normalized spacial score (nSPS) is 11.7. The summed E-state index contributed by atoms with van der Waals surface area (Å²) < 4.78 is 11.3. The van der Waals surface area contributed by atoms with Crippen molar-refractivity contribution in [2.24, 2.45) is 0 Å². The van der Waals surface area contributed by atoms with Crippen molar-refractivity contribution >= 4 is 17.5 Å². The molecule has 0 aliphatic rings. The molecule has 0 unspecified atom stereocenters. The Balaban J connectivity index is 1.76. The molecule has 2 rings (SSSR count). The van der Waals surface area contributed by atoms with Crippen LogP contribution in [0.3, 0.4) is 0 Å². The highest BCUT2D eigenvalue weighted by Crippen LogP contribution is 2.24. The van der Waals surface area contributed by atoms with Crippen LogP contribution in [0.1, 0.15) is 18.1 Å². The Kier molecular flexibility index (Phi) is 6.50. The van der Waals surface area contributed by atoms with Crippen LogP contribution in [-0.2, 0) is 4.79 Å². The lowest BCUT2D eigenvalue weighted by Gasteiger charge is -2.16. The largest absolute Gasteiger partial charge is 0.491 e. The molecule has 4 nitrogen and oxygen atoms in total. The average Bonchev–Trinajstić information content (AvgIpc) is 2.57. The number of para-hydroxylation sites is 1. The van der Waals surface area contributed by atoms with Crippen LogP contribution in [0.25, 0.3) is 0 Å². The second-order valence-corrected chi connectivity index (χ2v) is 5.94. The minimum Gasteiger partial charge on any atom is -0.491 e. The SMILES string of the molecule is Cc1cccc(OCCNC(=O)[C@@H](C)Oc2ccccc2Cl)c1C. The number of hydrogen-bond donors (Lipinski definition) is 1. The van der Waals surface area contributed by atoms with Crippen molar-refractivity contribution in [1.82, 2.24) is 5.32 Å². The van der Waals surface area contributed by atoms with Gasteiger partial charge in [0.2, 0.25) is 0 Å². The summed E-state index contributed by atoms with van der Waals surface area (Å²) in [7, 11) is 0. The molecule has 0 bridgehead atoms. The van der Waals surface area contributed by atoms with Gasteiger partial charge in [-0.25, -0.2) is 0 Å². The number of benzene rings is 2. The molecule has 5 heteroatoms. The molecule has 0 aliphatic heterocycles. The van der Waals surface area contributed by atoms with Crippen LogP contribution in [0.4, 0.5) is 0 Å². The predicted octanol–water partition coefficient (Wildman–Crippen LogP) is 3.92. The molecule has 1 N–H and O–H groups in total.